The quantitative estimate of drug-likeness (QED) is 0.868. The number of carboxylic acids is 1. The van der Waals surface area contributed by atoms with Crippen LogP contribution in [0.5, 0.6) is 0 Å². The van der Waals surface area contributed by atoms with Crippen LogP contribution in [0.4, 0.5) is 14.5 Å². The molecule has 1 saturated heterocycles. The van der Waals surface area contributed by atoms with Crippen molar-refractivity contribution < 1.29 is 23.4 Å². The van der Waals surface area contributed by atoms with E-state index in [0.717, 1.165) is 25.0 Å². The molecule has 0 aliphatic carbocycles. The van der Waals surface area contributed by atoms with Gasteiger partial charge in [-0.15, -0.1) is 0 Å². The molecule has 1 fully saturated rings. The molecular formula is C12H13F2NO3. The summed E-state index contributed by atoms with van der Waals surface area (Å²) in [7, 11) is 0. The van der Waals surface area contributed by atoms with Gasteiger partial charge in [0.25, 0.3) is 0 Å². The summed E-state index contributed by atoms with van der Waals surface area (Å²) in [6.07, 6.45) is 1.74. The van der Waals surface area contributed by atoms with Gasteiger partial charge in [0.1, 0.15) is 17.3 Å². The lowest BCUT2D eigenvalue weighted by Crippen LogP contribution is -2.20. The van der Waals surface area contributed by atoms with E-state index in [9.17, 15) is 13.6 Å². The lowest BCUT2D eigenvalue weighted by atomic mass is 10.1. The fourth-order valence-corrected chi connectivity index (χ4v) is 1.89. The smallest absolute Gasteiger partial charge is 0.335 e. The zero-order valence-electron chi connectivity index (χ0n) is 9.58. The SMILES string of the molecule is O=C(O)c1cc(F)c(NCC2CCCO2)c(F)c1. The molecule has 1 aromatic rings. The molecule has 1 atom stereocenters. The van der Waals surface area contributed by atoms with Gasteiger partial charge in [-0.2, -0.15) is 0 Å². The number of aromatic carboxylic acids is 1. The molecule has 0 aromatic heterocycles. The number of hydrogen-bond donors (Lipinski definition) is 2. The fraction of sp³-hybridized carbons (Fsp3) is 0.417. The Morgan fingerprint density at radius 2 is 2.11 bits per heavy atom. The molecule has 0 saturated carbocycles. The molecule has 1 unspecified atom stereocenters. The Kier molecular flexibility index (Phi) is 3.76. The first-order valence-corrected chi connectivity index (χ1v) is 5.65. The molecule has 0 spiro atoms. The summed E-state index contributed by atoms with van der Waals surface area (Å²) in [6, 6.07) is 1.59. The Bertz CT molecular complexity index is 436. The normalized spacial score (nSPS) is 18.9. The van der Waals surface area contributed by atoms with E-state index < -0.39 is 23.2 Å². The van der Waals surface area contributed by atoms with Gasteiger partial charge in [-0.05, 0) is 25.0 Å². The van der Waals surface area contributed by atoms with Crippen LogP contribution in [0.3, 0.4) is 0 Å². The third-order valence-corrected chi connectivity index (χ3v) is 2.82. The Balaban J connectivity index is 2.10. The van der Waals surface area contributed by atoms with Crippen molar-refractivity contribution in [2.75, 3.05) is 18.5 Å². The summed E-state index contributed by atoms with van der Waals surface area (Å²) in [5.74, 6) is -3.19. The average Bonchev–Trinajstić information content (AvgIpc) is 2.80. The van der Waals surface area contributed by atoms with Gasteiger partial charge in [-0.25, -0.2) is 13.6 Å². The molecule has 2 rings (SSSR count). The maximum Gasteiger partial charge on any atom is 0.335 e. The van der Waals surface area contributed by atoms with E-state index in [2.05, 4.69) is 5.32 Å². The lowest BCUT2D eigenvalue weighted by Gasteiger charge is -2.13. The van der Waals surface area contributed by atoms with Gasteiger partial charge in [-0.3, -0.25) is 0 Å². The van der Waals surface area contributed by atoms with Crippen LogP contribution in [-0.4, -0.2) is 30.3 Å². The Morgan fingerprint density at radius 1 is 1.44 bits per heavy atom. The number of carbonyl (C=O) groups is 1. The largest absolute Gasteiger partial charge is 0.478 e. The summed E-state index contributed by atoms with van der Waals surface area (Å²) >= 11 is 0. The van der Waals surface area contributed by atoms with Crippen molar-refractivity contribution in [2.45, 2.75) is 18.9 Å². The predicted molar refractivity (Wildman–Crippen MR) is 60.8 cm³/mol. The number of halogens is 2. The molecule has 98 valence electrons. The summed E-state index contributed by atoms with van der Waals surface area (Å²) in [5, 5.41) is 11.3. The van der Waals surface area contributed by atoms with E-state index in [4.69, 9.17) is 9.84 Å². The highest BCUT2D eigenvalue weighted by molar-refractivity contribution is 5.88. The highest BCUT2D eigenvalue weighted by Gasteiger charge is 2.18. The van der Waals surface area contributed by atoms with Gasteiger partial charge in [0.2, 0.25) is 0 Å². The lowest BCUT2D eigenvalue weighted by molar-refractivity contribution is 0.0695. The van der Waals surface area contributed by atoms with E-state index in [-0.39, 0.29) is 11.8 Å². The van der Waals surface area contributed by atoms with Crippen molar-refractivity contribution in [1.29, 1.82) is 0 Å². The molecule has 0 bridgehead atoms. The molecule has 1 aliphatic rings. The topological polar surface area (TPSA) is 58.6 Å². The second kappa shape index (κ2) is 5.30. The van der Waals surface area contributed by atoms with E-state index in [0.29, 0.717) is 13.2 Å². The molecule has 1 heterocycles. The number of ether oxygens (including phenoxy) is 1. The molecule has 18 heavy (non-hydrogen) atoms. The van der Waals surface area contributed by atoms with Crippen molar-refractivity contribution in [3.63, 3.8) is 0 Å². The standard InChI is InChI=1S/C12H13F2NO3/c13-9-4-7(12(16)17)5-10(14)11(9)15-6-8-2-1-3-18-8/h4-5,8,15H,1-3,6H2,(H,16,17). The van der Waals surface area contributed by atoms with E-state index >= 15 is 0 Å². The zero-order chi connectivity index (χ0) is 13.1. The third-order valence-electron chi connectivity index (χ3n) is 2.82. The van der Waals surface area contributed by atoms with Crippen molar-refractivity contribution in [2.24, 2.45) is 0 Å². The number of benzene rings is 1. The summed E-state index contributed by atoms with van der Waals surface area (Å²) in [5.41, 5.74) is -0.719. The summed E-state index contributed by atoms with van der Waals surface area (Å²) in [4.78, 5) is 10.6. The van der Waals surface area contributed by atoms with Crippen LogP contribution >= 0.6 is 0 Å². The van der Waals surface area contributed by atoms with E-state index in [1.165, 1.54) is 0 Å². The maximum absolute atomic E-state index is 13.5. The summed E-state index contributed by atoms with van der Waals surface area (Å²) in [6.45, 7) is 0.968. The molecule has 1 aromatic carbocycles. The van der Waals surface area contributed by atoms with Crippen molar-refractivity contribution in [1.82, 2.24) is 0 Å². The first-order chi connectivity index (χ1) is 8.58. The van der Waals surface area contributed by atoms with Crippen LogP contribution in [0.25, 0.3) is 0 Å². The fourth-order valence-electron chi connectivity index (χ4n) is 1.89. The van der Waals surface area contributed by atoms with Crippen LogP contribution in [0, 0.1) is 11.6 Å². The van der Waals surface area contributed by atoms with Gasteiger partial charge in [0, 0.05) is 13.2 Å². The Labute approximate surface area is 103 Å². The number of nitrogens with one attached hydrogen (secondary N) is 1. The van der Waals surface area contributed by atoms with Gasteiger partial charge in [-0.1, -0.05) is 0 Å². The second-order valence-corrected chi connectivity index (χ2v) is 4.14. The van der Waals surface area contributed by atoms with Crippen LogP contribution in [0.2, 0.25) is 0 Å². The van der Waals surface area contributed by atoms with Gasteiger partial charge in [0.05, 0.1) is 11.7 Å². The molecular weight excluding hydrogens is 244 g/mol. The number of rotatable bonds is 4. The molecule has 4 nitrogen and oxygen atoms in total. The molecule has 2 N–H and O–H groups in total. The maximum atomic E-state index is 13.5. The van der Waals surface area contributed by atoms with Gasteiger partial charge in [0.15, 0.2) is 0 Å². The minimum Gasteiger partial charge on any atom is -0.478 e. The first kappa shape index (κ1) is 12.8. The van der Waals surface area contributed by atoms with Crippen LogP contribution in [0.1, 0.15) is 23.2 Å². The molecule has 6 heteroatoms. The number of hydrogen-bond acceptors (Lipinski definition) is 3. The van der Waals surface area contributed by atoms with Crippen molar-refractivity contribution in [3.05, 3.63) is 29.3 Å². The van der Waals surface area contributed by atoms with Crippen LogP contribution in [-0.2, 0) is 4.74 Å². The minimum atomic E-state index is -1.36. The summed E-state index contributed by atoms with van der Waals surface area (Å²) < 4.78 is 32.4. The monoisotopic (exact) mass is 257 g/mol. The Hall–Kier alpha value is -1.69. The van der Waals surface area contributed by atoms with Crippen LogP contribution in [0.15, 0.2) is 12.1 Å². The van der Waals surface area contributed by atoms with E-state index in [1.807, 2.05) is 0 Å². The average molecular weight is 257 g/mol. The second-order valence-electron chi connectivity index (χ2n) is 4.14. The zero-order valence-corrected chi connectivity index (χ0v) is 9.58. The van der Waals surface area contributed by atoms with E-state index in [1.54, 1.807) is 0 Å². The molecule has 0 radical (unpaired) electrons. The van der Waals surface area contributed by atoms with Crippen LogP contribution < -0.4 is 5.32 Å². The van der Waals surface area contributed by atoms with Gasteiger partial charge >= 0.3 is 5.97 Å². The third kappa shape index (κ3) is 2.76. The Morgan fingerprint density at radius 3 is 2.61 bits per heavy atom. The highest BCUT2D eigenvalue weighted by Crippen LogP contribution is 2.22. The number of anilines is 1. The first-order valence-electron chi connectivity index (χ1n) is 5.65. The highest BCUT2D eigenvalue weighted by atomic mass is 19.1. The predicted octanol–water partition coefficient (Wildman–Crippen LogP) is 2.25. The van der Waals surface area contributed by atoms with Gasteiger partial charge < -0.3 is 15.2 Å². The van der Waals surface area contributed by atoms with Crippen molar-refractivity contribution >= 4 is 11.7 Å². The molecule has 0 amide bonds. The molecule has 1 aliphatic heterocycles. The number of carboxylic acid groups (broad SMARTS) is 1. The van der Waals surface area contributed by atoms with Crippen molar-refractivity contribution in [3.8, 4) is 0 Å². The minimum absolute atomic E-state index is 0.0528.